The van der Waals surface area contributed by atoms with E-state index in [2.05, 4.69) is 0 Å². The Morgan fingerprint density at radius 3 is 2.52 bits per heavy atom. The highest BCUT2D eigenvalue weighted by Gasteiger charge is 2.36. The Bertz CT molecular complexity index is 547. The topological polar surface area (TPSA) is 89.4 Å². The molecule has 0 bridgehead atoms. The molecule has 1 aliphatic heterocycles. The lowest BCUT2D eigenvalue weighted by atomic mass is 9.97. The van der Waals surface area contributed by atoms with Crippen molar-refractivity contribution in [3.8, 4) is 0 Å². The van der Waals surface area contributed by atoms with Gasteiger partial charge < -0.3 is 16.4 Å². The van der Waals surface area contributed by atoms with Crippen LogP contribution in [0.15, 0.2) is 30.3 Å². The van der Waals surface area contributed by atoms with Crippen LogP contribution in [0.3, 0.4) is 0 Å². The molecule has 0 aliphatic carbocycles. The smallest absolute Gasteiger partial charge is 0.240 e. The highest BCUT2D eigenvalue weighted by atomic mass is 32.1. The van der Waals surface area contributed by atoms with Gasteiger partial charge in [-0.1, -0.05) is 42.5 Å². The number of amides is 2. The van der Waals surface area contributed by atoms with Crippen molar-refractivity contribution in [2.75, 3.05) is 6.54 Å². The zero-order valence-corrected chi connectivity index (χ0v) is 12.5. The van der Waals surface area contributed by atoms with Crippen molar-refractivity contribution in [1.29, 1.82) is 0 Å². The lowest BCUT2D eigenvalue weighted by Crippen LogP contribution is -2.48. The standard InChI is InChI=1S/C15H19N3O2S/c16-13(19)12-7-4-8-18(12)15(20)11(14(17)21)9-10-5-2-1-3-6-10/h1-3,5-6,11-12H,4,7-9H2,(H2,16,19)(H2,17,21). The lowest BCUT2D eigenvalue weighted by molar-refractivity contribution is -0.138. The average Bonchev–Trinajstić information content (AvgIpc) is 2.94. The average molecular weight is 305 g/mol. The van der Waals surface area contributed by atoms with Crippen molar-refractivity contribution < 1.29 is 9.59 Å². The van der Waals surface area contributed by atoms with E-state index in [-0.39, 0.29) is 10.9 Å². The Morgan fingerprint density at radius 2 is 1.95 bits per heavy atom. The SMILES string of the molecule is NC(=O)C1CCCN1C(=O)C(Cc1ccccc1)C(N)=S. The van der Waals surface area contributed by atoms with E-state index in [9.17, 15) is 9.59 Å². The molecule has 2 unspecified atom stereocenters. The molecule has 112 valence electrons. The summed E-state index contributed by atoms with van der Waals surface area (Å²) < 4.78 is 0. The molecule has 2 atom stereocenters. The number of nitrogens with two attached hydrogens (primary N) is 2. The fourth-order valence-electron chi connectivity index (χ4n) is 2.69. The summed E-state index contributed by atoms with van der Waals surface area (Å²) in [7, 11) is 0. The van der Waals surface area contributed by atoms with Crippen molar-refractivity contribution in [3.05, 3.63) is 35.9 Å². The number of rotatable bonds is 5. The summed E-state index contributed by atoms with van der Waals surface area (Å²) in [4.78, 5) is 25.8. The second kappa shape index (κ2) is 6.67. The number of likely N-dealkylation sites (tertiary alicyclic amines) is 1. The maximum absolute atomic E-state index is 12.7. The van der Waals surface area contributed by atoms with Crippen molar-refractivity contribution in [1.82, 2.24) is 4.90 Å². The summed E-state index contributed by atoms with van der Waals surface area (Å²) in [6.45, 7) is 0.528. The first-order valence-electron chi connectivity index (χ1n) is 6.93. The Kier molecular flexibility index (Phi) is 4.90. The number of thiocarbonyl (C=S) groups is 1. The van der Waals surface area contributed by atoms with Crippen LogP contribution in [0.2, 0.25) is 0 Å². The van der Waals surface area contributed by atoms with Crippen LogP contribution in [0.25, 0.3) is 0 Å². The number of nitrogens with zero attached hydrogens (tertiary/aromatic N) is 1. The van der Waals surface area contributed by atoms with E-state index in [1.54, 1.807) is 0 Å². The number of benzene rings is 1. The number of hydrogen-bond acceptors (Lipinski definition) is 3. The monoisotopic (exact) mass is 305 g/mol. The van der Waals surface area contributed by atoms with Gasteiger partial charge in [0.25, 0.3) is 0 Å². The van der Waals surface area contributed by atoms with Crippen LogP contribution >= 0.6 is 12.2 Å². The molecule has 0 saturated carbocycles. The highest BCUT2D eigenvalue weighted by Crippen LogP contribution is 2.21. The van der Waals surface area contributed by atoms with E-state index >= 15 is 0 Å². The maximum Gasteiger partial charge on any atom is 0.240 e. The first kappa shape index (κ1) is 15.4. The summed E-state index contributed by atoms with van der Waals surface area (Å²) in [6, 6.07) is 9.02. The van der Waals surface area contributed by atoms with Gasteiger partial charge in [-0.25, -0.2) is 0 Å². The largest absolute Gasteiger partial charge is 0.393 e. The molecular weight excluding hydrogens is 286 g/mol. The summed E-state index contributed by atoms with van der Waals surface area (Å²) in [6.07, 6.45) is 1.82. The molecule has 0 aromatic heterocycles. The third-order valence-corrected chi connectivity index (χ3v) is 4.07. The molecule has 1 heterocycles. The fourth-order valence-corrected chi connectivity index (χ4v) is 2.87. The van der Waals surface area contributed by atoms with E-state index in [0.717, 1.165) is 12.0 Å². The van der Waals surface area contributed by atoms with Gasteiger partial charge in [0, 0.05) is 6.54 Å². The molecule has 2 amide bonds. The van der Waals surface area contributed by atoms with Crippen LogP contribution in [0.5, 0.6) is 0 Å². The molecule has 0 radical (unpaired) electrons. The van der Waals surface area contributed by atoms with Gasteiger partial charge in [-0.3, -0.25) is 9.59 Å². The van der Waals surface area contributed by atoms with E-state index in [4.69, 9.17) is 23.7 Å². The van der Waals surface area contributed by atoms with Gasteiger partial charge in [-0.15, -0.1) is 0 Å². The Balaban J connectivity index is 2.16. The van der Waals surface area contributed by atoms with Gasteiger partial charge in [0.05, 0.1) is 10.9 Å². The van der Waals surface area contributed by atoms with Gasteiger partial charge in [0.1, 0.15) is 6.04 Å². The van der Waals surface area contributed by atoms with E-state index < -0.39 is 17.9 Å². The van der Waals surface area contributed by atoms with E-state index in [1.165, 1.54) is 4.90 Å². The van der Waals surface area contributed by atoms with Crippen molar-refractivity contribution in [3.63, 3.8) is 0 Å². The fraction of sp³-hybridized carbons (Fsp3) is 0.400. The van der Waals surface area contributed by atoms with Crippen LogP contribution in [-0.2, 0) is 16.0 Å². The zero-order valence-electron chi connectivity index (χ0n) is 11.7. The minimum Gasteiger partial charge on any atom is -0.393 e. The van der Waals surface area contributed by atoms with Crippen molar-refractivity contribution in [2.45, 2.75) is 25.3 Å². The molecule has 1 fully saturated rings. The van der Waals surface area contributed by atoms with Gasteiger partial charge in [0.2, 0.25) is 11.8 Å². The molecule has 6 heteroatoms. The van der Waals surface area contributed by atoms with Gasteiger partial charge in [-0.2, -0.15) is 0 Å². The molecule has 1 aromatic rings. The molecule has 4 N–H and O–H groups in total. The van der Waals surface area contributed by atoms with Crippen molar-refractivity contribution in [2.24, 2.45) is 17.4 Å². The maximum atomic E-state index is 12.7. The summed E-state index contributed by atoms with van der Waals surface area (Å²) >= 11 is 5.05. The van der Waals surface area contributed by atoms with Crippen LogP contribution in [0, 0.1) is 5.92 Å². The summed E-state index contributed by atoms with van der Waals surface area (Å²) in [5.74, 6) is -1.27. The number of hydrogen-bond donors (Lipinski definition) is 2. The summed E-state index contributed by atoms with van der Waals surface area (Å²) in [5, 5.41) is 0. The Labute approximate surface area is 129 Å². The van der Waals surface area contributed by atoms with Crippen molar-refractivity contribution >= 4 is 29.0 Å². The molecule has 0 spiro atoms. The van der Waals surface area contributed by atoms with Crippen LogP contribution in [-0.4, -0.2) is 34.3 Å². The number of carbonyl (C=O) groups is 2. The predicted molar refractivity (Wildman–Crippen MR) is 84.4 cm³/mol. The molecule has 5 nitrogen and oxygen atoms in total. The lowest BCUT2D eigenvalue weighted by Gasteiger charge is -2.26. The second-order valence-corrected chi connectivity index (χ2v) is 5.71. The Hall–Kier alpha value is -1.95. The molecule has 1 saturated heterocycles. The van der Waals surface area contributed by atoms with Gasteiger partial charge in [0.15, 0.2) is 0 Å². The normalized spacial score (nSPS) is 19.2. The first-order chi connectivity index (χ1) is 10.0. The van der Waals surface area contributed by atoms with E-state index in [0.29, 0.717) is 19.4 Å². The molecular formula is C15H19N3O2S. The molecule has 1 aromatic carbocycles. The third-order valence-electron chi connectivity index (χ3n) is 3.79. The zero-order chi connectivity index (χ0) is 15.4. The van der Waals surface area contributed by atoms with Gasteiger partial charge in [-0.05, 0) is 24.8 Å². The Morgan fingerprint density at radius 1 is 1.29 bits per heavy atom. The predicted octanol–water partition coefficient (Wildman–Crippen LogP) is 0.608. The third kappa shape index (κ3) is 3.58. The van der Waals surface area contributed by atoms with E-state index in [1.807, 2.05) is 30.3 Å². The second-order valence-electron chi connectivity index (χ2n) is 5.24. The minimum atomic E-state index is -0.595. The van der Waals surface area contributed by atoms with Crippen LogP contribution in [0.4, 0.5) is 0 Å². The quantitative estimate of drug-likeness (QED) is 0.780. The van der Waals surface area contributed by atoms with Gasteiger partial charge >= 0.3 is 0 Å². The molecule has 1 aliphatic rings. The highest BCUT2D eigenvalue weighted by molar-refractivity contribution is 7.80. The molecule has 21 heavy (non-hydrogen) atoms. The minimum absolute atomic E-state index is 0.152. The molecule has 2 rings (SSSR count). The van der Waals surface area contributed by atoms with Crippen LogP contribution < -0.4 is 11.5 Å². The number of primary amides is 1. The van der Waals surface area contributed by atoms with Crippen LogP contribution in [0.1, 0.15) is 18.4 Å². The first-order valence-corrected chi connectivity index (χ1v) is 7.34. The summed E-state index contributed by atoms with van der Waals surface area (Å²) in [5.41, 5.74) is 12.1. The number of carbonyl (C=O) groups excluding carboxylic acids is 2.